The van der Waals surface area contributed by atoms with Crippen molar-refractivity contribution in [2.45, 2.75) is 0 Å². The lowest BCUT2D eigenvalue weighted by atomic mass is 9.87. The van der Waals surface area contributed by atoms with Crippen LogP contribution in [-0.2, 0) is 0 Å². The number of fused-ring (bicyclic) bond motifs is 1. The maximum Gasteiger partial charge on any atom is 0.196 e. The van der Waals surface area contributed by atoms with E-state index in [1.165, 1.54) is 6.08 Å². The Morgan fingerprint density at radius 3 is 2.09 bits per heavy atom. The smallest absolute Gasteiger partial charge is 0.196 e. The molecule has 0 amide bonds. The normalized spacial score (nSPS) is 13.9. The summed E-state index contributed by atoms with van der Waals surface area (Å²) in [5.41, 5.74) is 10.1. The van der Waals surface area contributed by atoms with Crippen LogP contribution in [0.3, 0.4) is 0 Å². The Bertz CT molecular complexity index is 905. The molecule has 5 heteroatoms. The van der Waals surface area contributed by atoms with Gasteiger partial charge in [0.2, 0.25) is 0 Å². The van der Waals surface area contributed by atoms with Gasteiger partial charge >= 0.3 is 0 Å². The average Bonchev–Trinajstić information content (AvgIpc) is 2.60. The molecule has 0 radical (unpaired) electrons. The summed E-state index contributed by atoms with van der Waals surface area (Å²) in [6, 6.07) is 15.9. The summed E-state index contributed by atoms with van der Waals surface area (Å²) >= 11 is 0. The second-order valence-electron chi connectivity index (χ2n) is 4.90. The van der Waals surface area contributed by atoms with Crippen LogP contribution in [0.4, 0.5) is 0 Å². The van der Waals surface area contributed by atoms with Crippen molar-refractivity contribution >= 4 is 17.6 Å². The topological polar surface area (TPSA) is 82.9 Å². The number of Topliss-reactive ketones (excluding diaryl/α,β-unsaturated/α-hetero) is 2. The van der Waals surface area contributed by atoms with Crippen LogP contribution < -0.4 is 0 Å². The molecule has 0 atom stereocenters. The van der Waals surface area contributed by atoms with Crippen LogP contribution in [0.5, 0.6) is 0 Å². The Kier molecular flexibility index (Phi) is 3.87. The molecule has 0 heterocycles. The van der Waals surface area contributed by atoms with E-state index in [0.29, 0.717) is 5.56 Å². The van der Waals surface area contributed by atoms with Crippen molar-refractivity contribution < 1.29 is 9.59 Å². The van der Waals surface area contributed by atoms with Gasteiger partial charge < -0.3 is 0 Å². The summed E-state index contributed by atoms with van der Waals surface area (Å²) in [5.74, 6) is -0.763. The van der Waals surface area contributed by atoms with E-state index < -0.39 is 5.78 Å². The van der Waals surface area contributed by atoms with Crippen molar-refractivity contribution in [3.63, 3.8) is 0 Å². The van der Waals surface area contributed by atoms with E-state index in [1.54, 1.807) is 30.3 Å². The first-order valence-corrected chi connectivity index (χ1v) is 6.93. The Balaban J connectivity index is 2.13. The standard InChI is InChI=1S/C18H11N3O2/c19-21-20-16-15(11-10-12-6-2-1-3-7-12)17(22)13-8-4-5-9-14(13)18(16)23/h1-11H. The molecule has 5 nitrogen and oxygen atoms in total. The number of ketones is 2. The largest absolute Gasteiger partial charge is 0.289 e. The molecule has 0 spiro atoms. The third-order valence-corrected chi connectivity index (χ3v) is 3.52. The van der Waals surface area contributed by atoms with Crippen LogP contribution >= 0.6 is 0 Å². The van der Waals surface area contributed by atoms with Crippen LogP contribution in [-0.4, -0.2) is 11.6 Å². The van der Waals surface area contributed by atoms with E-state index in [-0.39, 0.29) is 22.6 Å². The summed E-state index contributed by atoms with van der Waals surface area (Å²) < 4.78 is 0. The highest BCUT2D eigenvalue weighted by Crippen LogP contribution is 2.28. The average molecular weight is 301 g/mol. The fraction of sp³-hybridized carbons (Fsp3) is 0. The molecule has 2 aromatic carbocycles. The predicted octanol–water partition coefficient (Wildman–Crippen LogP) is 4.34. The molecule has 0 aliphatic heterocycles. The third-order valence-electron chi connectivity index (χ3n) is 3.52. The minimum atomic E-state index is -0.439. The number of rotatable bonds is 3. The van der Waals surface area contributed by atoms with E-state index in [4.69, 9.17) is 5.53 Å². The quantitative estimate of drug-likeness (QED) is 0.480. The lowest BCUT2D eigenvalue weighted by Crippen LogP contribution is -2.20. The second-order valence-corrected chi connectivity index (χ2v) is 4.90. The highest BCUT2D eigenvalue weighted by Gasteiger charge is 2.29. The number of azide groups is 1. The number of carbonyl (C=O) groups excluding carboxylic acids is 2. The fourth-order valence-corrected chi connectivity index (χ4v) is 2.42. The van der Waals surface area contributed by atoms with Crippen LogP contribution in [0.25, 0.3) is 16.5 Å². The zero-order chi connectivity index (χ0) is 16.2. The first kappa shape index (κ1) is 14.5. The molecular formula is C18H11N3O2. The molecule has 0 N–H and O–H groups in total. The van der Waals surface area contributed by atoms with E-state index in [0.717, 1.165) is 5.56 Å². The molecule has 1 aliphatic rings. The van der Waals surface area contributed by atoms with Gasteiger partial charge in [-0.1, -0.05) is 65.8 Å². The Morgan fingerprint density at radius 2 is 1.43 bits per heavy atom. The van der Waals surface area contributed by atoms with Gasteiger partial charge in [0.25, 0.3) is 0 Å². The summed E-state index contributed by atoms with van der Waals surface area (Å²) in [7, 11) is 0. The highest BCUT2D eigenvalue weighted by atomic mass is 16.1. The molecule has 1 aliphatic carbocycles. The van der Waals surface area contributed by atoms with Crippen molar-refractivity contribution in [3.8, 4) is 0 Å². The van der Waals surface area contributed by atoms with Crippen molar-refractivity contribution in [2.24, 2.45) is 5.11 Å². The fourth-order valence-electron chi connectivity index (χ4n) is 2.42. The van der Waals surface area contributed by atoms with Gasteiger partial charge in [0.1, 0.15) is 0 Å². The summed E-state index contributed by atoms with van der Waals surface area (Å²) in [4.78, 5) is 27.8. The molecule has 2 aromatic rings. The Morgan fingerprint density at radius 1 is 0.826 bits per heavy atom. The van der Waals surface area contributed by atoms with Gasteiger partial charge in [0, 0.05) is 21.6 Å². The van der Waals surface area contributed by atoms with Crippen molar-refractivity contribution in [1.29, 1.82) is 0 Å². The first-order valence-electron chi connectivity index (χ1n) is 6.93. The van der Waals surface area contributed by atoms with E-state index in [2.05, 4.69) is 10.0 Å². The molecule has 0 fully saturated rings. The molecule has 0 saturated carbocycles. The highest BCUT2D eigenvalue weighted by molar-refractivity contribution is 6.28. The molecule has 0 aromatic heterocycles. The van der Waals surface area contributed by atoms with Gasteiger partial charge in [-0.3, -0.25) is 9.59 Å². The minimum Gasteiger partial charge on any atom is -0.289 e. The molecule has 110 valence electrons. The summed E-state index contributed by atoms with van der Waals surface area (Å²) in [5, 5.41) is 3.45. The maximum absolute atomic E-state index is 12.6. The zero-order valence-electron chi connectivity index (χ0n) is 12.0. The van der Waals surface area contributed by atoms with Gasteiger partial charge in [-0.2, -0.15) is 0 Å². The van der Waals surface area contributed by atoms with Crippen LogP contribution in [0, 0.1) is 0 Å². The summed E-state index contributed by atoms with van der Waals surface area (Å²) in [6.45, 7) is 0. The number of carbonyl (C=O) groups is 2. The SMILES string of the molecule is [N-]=[N+]=NC1=C(C=Cc2ccccc2)C(=O)c2ccccc2C1=O. The van der Waals surface area contributed by atoms with Crippen LogP contribution in [0.2, 0.25) is 0 Å². The monoisotopic (exact) mass is 301 g/mol. The molecule has 3 rings (SSSR count). The maximum atomic E-state index is 12.6. The van der Waals surface area contributed by atoms with Gasteiger partial charge in [0.15, 0.2) is 11.6 Å². The van der Waals surface area contributed by atoms with Gasteiger partial charge in [-0.15, -0.1) is 0 Å². The number of benzene rings is 2. The zero-order valence-corrected chi connectivity index (χ0v) is 12.0. The van der Waals surface area contributed by atoms with Gasteiger partial charge in [-0.05, 0) is 17.2 Å². The molecule has 0 unspecified atom stereocenters. The van der Waals surface area contributed by atoms with Crippen molar-refractivity contribution in [2.75, 3.05) is 0 Å². The van der Waals surface area contributed by atoms with Crippen molar-refractivity contribution in [1.82, 2.24) is 0 Å². The Labute approximate surface area is 132 Å². The van der Waals surface area contributed by atoms with E-state index >= 15 is 0 Å². The third kappa shape index (κ3) is 2.69. The van der Waals surface area contributed by atoms with Crippen molar-refractivity contribution in [3.05, 3.63) is 99.1 Å². The van der Waals surface area contributed by atoms with Crippen LogP contribution in [0.15, 0.2) is 77.1 Å². The lowest BCUT2D eigenvalue weighted by molar-refractivity contribution is 0.0976. The first-order chi connectivity index (χ1) is 11.2. The lowest BCUT2D eigenvalue weighted by Gasteiger charge is -2.16. The predicted molar refractivity (Wildman–Crippen MR) is 86.8 cm³/mol. The van der Waals surface area contributed by atoms with Crippen LogP contribution in [0.1, 0.15) is 26.3 Å². The van der Waals surface area contributed by atoms with Gasteiger partial charge in [0.05, 0.1) is 5.70 Å². The Hall–Kier alpha value is -3.43. The number of hydrogen-bond acceptors (Lipinski definition) is 3. The number of hydrogen-bond donors (Lipinski definition) is 0. The molecular weight excluding hydrogens is 290 g/mol. The molecule has 23 heavy (non-hydrogen) atoms. The summed E-state index contributed by atoms with van der Waals surface area (Å²) in [6.07, 6.45) is 3.23. The molecule has 0 bridgehead atoms. The number of nitrogens with zero attached hydrogens (tertiary/aromatic N) is 3. The molecule has 0 saturated heterocycles. The minimum absolute atomic E-state index is 0.107. The van der Waals surface area contributed by atoms with Gasteiger partial charge in [-0.25, -0.2) is 0 Å². The van der Waals surface area contributed by atoms with E-state index in [1.807, 2.05) is 30.3 Å². The van der Waals surface area contributed by atoms with E-state index in [9.17, 15) is 9.59 Å². The second kappa shape index (κ2) is 6.13. The number of allylic oxidation sites excluding steroid dienone is 3.